The van der Waals surface area contributed by atoms with Gasteiger partial charge in [0.05, 0.1) is 24.6 Å². The van der Waals surface area contributed by atoms with E-state index in [2.05, 4.69) is 15.5 Å². The summed E-state index contributed by atoms with van der Waals surface area (Å²) in [6.07, 6.45) is -1.15. The molecule has 34 heavy (non-hydrogen) atoms. The molecule has 1 aliphatic heterocycles. The number of hydrogen-bond donors (Lipinski definition) is 2. The Balaban J connectivity index is 1.39. The Bertz CT molecular complexity index is 1020. The van der Waals surface area contributed by atoms with Crippen molar-refractivity contribution >= 4 is 34.8 Å². The maximum absolute atomic E-state index is 12.3. The molecule has 0 aliphatic carbocycles. The van der Waals surface area contributed by atoms with Crippen molar-refractivity contribution in [2.45, 2.75) is 19.4 Å². The lowest BCUT2D eigenvalue weighted by atomic mass is 10.2. The summed E-state index contributed by atoms with van der Waals surface area (Å²) in [5.74, 6) is -1.59. The number of anilines is 2. The number of hydrogen-bond acceptors (Lipinski definition) is 8. The van der Waals surface area contributed by atoms with Gasteiger partial charge in [-0.15, -0.1) is 0 Å². The quantitative estimate of drug-likeness (QED) is 0.323. The highest BCUT2D eigenvalue weighted by Gasteiger charge is 2.19. The minimum absolute atomic E-state index is 0.00794. The average molecular weight is 470 g/mol. The van der Waals surface area contributed by atoms with Crippen molar-refractivity contribution in [3.63, 3.8) is 0 Å². The molecule has 0 aromatic heterocycles. The van der Waals surface area contributed by atoms with Gasteiger partial charge in [-0.3, -0.25) is 24.5 Å². The topological polar surface area (TPSA) is 140 Å². The van der Waals surface area contributed by atoms with Crippen LogP contribution in [0.3, 0.4) is 0 Å². The lowest BCUT2D eigenvalue weighted by Gasteiger charge is -2.28. The van der Waals surface area contributed by atoms with Crippen LogP contribution in [0.2, 0.25) is 0 Å². The highest BCUT2D eigenvalue weighted by Crippen LogP contribution is 2.19. The second kappa shape index (κ2) is 11.8. The molecule has 1 unspecified atom stereocenters. The Hall–Kier alpha value is -3.99. The number of amides is 2. The van der Waals surface area contributed by atoms with Crippen molar-refractivity contribution in [3.05, 3.63) is 64.2 Å². The molecular weight excluding hydrogens is 444 g/mol. The van der Waals surface area contributed by atoms with Crippen LogP contribution in [0.1, 0.15) is 23.7 Å². The van der Waals surface area contributed by atoms with Gasteiger partial charge in [-0.2, -0.15) is 0 Å². The number of nitrogens with zero attached hydrogens (tertiary/aromatic N) is 2. The monoisotopic (exact) mass is 470 g/mol. The molecule has 2 N–H and O–H groups in total. The van der Waals surface area contributed by atoms with Crippen molar-refractivity contribution in [1.29, 1.82) is 0 Å². The van der Waals surface area contributed by atoms with Gasteiger partial charge in [0.1, 0.15) is 0 Å². The van der Waals surface area contributed by atoms with E-state index in [9.17, 15) is 24.5 Å². The lowest BCUT2D eigenvalue weighted by Crippen LogP contribution is -2.36. The Morgan fingerprint density at radius 1 is 1.09 bits per heavy atom. The van der Waals surface area contributed by atoms with Crippen LogP contribution in [0.15, 0.2) is 48.5 Å². The predicted octanol–water partition coefficient (Wildman–Crippen LogP) is 2.12. The fourth-order valence-corrected chi connectivity index (χ4v) is 3.25. The molecule has 11 heteroatoms. The molecule has 1 atom stereocenters. The summed E-state index contributed by atoms with van der Waals surface area (Å²) in [7, 11) is 0. The van der Waals surface area contributed by atoms with Gasteiger partial charge in [0.25, 0.3) is 17.5 Å². The minimum atomic E-state index is -1.02. The summed E-state index contributed by atoms with van der Waals surface area (Å²) in [6.45, 7) is 4.45. The van der Waals surface area contributed by atoms with Crippen molar-refractivity contribution in [3.8, 4) is 0 Å². The number of esters is 1. The average Bonchev–Trinajstić information content (AvgIpc) is 2.85. The number of morpholine rings is 1. The van der Waals surface area contributed by atoms with Crippen LogP contribution in [-0.4, -0.2) is 61.7 Å². The van der Waals surface area contributed by atoms with E-state index in [-0.39, 0.29) is 24.2 Å². The predicted molar refractivity (Wildman–Crippen MR) is 124 cm³/mol. The zero-order chi connectivity index (χ0) is 24.5. The number of nitrogens with one attached hydrogen (secondary N) is 2. The number of carbonyl (C=O) groups is 3. The molecule has 180 valence electrons. The van der Waals surface area contributed by atoms with E-state index in [0.717, 1.165) is 18.8 Å². The first-order chi connectivity index (χ1) is 16.3. The highest BCUT2D eigenvalue weighted by molar-refractivity contribution is 5.96. The Morgan fingerprint density at radius 3 is 2.35 bits per heavy atom. The van der Waals surface area contributed by atoms with Gasteiger partial charge < -0.3 is 25.0 Å². The van der Waals surface area contributed by atoms with Crippen LogP contribution in [0, 0.1) is 10.1 Å². The normalized spacial score (nSPS) is 14.1. The zero-order valence-corrected chi connectivity index (χ0v) is 18.7. The molecule has 2 aromatic carbocycles. The fraction of sp³-hybridized carbons (Fsp3) is 0.348. The van der Waals surface area contributed by atoms with Crippen LogP contribution in [0.25, 0.3) is 0 Å². The first-order valence-corrected chi connectivity index (χ1v) is 10.8. The summed E-state index contributed by atoms with van der Waals surface area (Å²) in [5.41, 5.74) is 1.73. The van der Waals surface area contributed by atoms with Crippen LogP contribution >= 0.6 is 0 Å². The van der Waals surface area contributed by atoms with Gasteiger partial charge in [0.2, 0.25) is 0 Å². The molecular formula is C23H26N4O7. The second-order valence-electron chi connectivity index (χ2n) is 7.58. The summed E-state index contributed by atoms with van der Waals surface area (Å²) in [5, 5.41) is 15.9. The summed E-state index contributed by atoms with van der Waals surface area (Å²) in [4.78, 5) is 48.7. The lowest BCUT2D eigenvalue weighted by molar-refractivity contribution is -0.384. The van der Waals surface area contributed by atoms with Crippen molar-refractivity contribution < 1.29 is 28.8 Å². The largest absolute Gasteiger partial charge is 0.452 e. The van der Waals surface area contributed by atoms with Crippen LogP contribution in [0.4, 0.5) is 17.1 Å². The third-order valence-electron chi connectivity index (χ3n) is 5.14. The molecule has 2 amide bonds. The number of nitro groups is 1. The highest BCUT2D eigenvalue weighted by atomic mass is 16.6. The molecule has 0 radical (unpaired) electrons. The first kappa shape index (κ1) is 24.6. The number of non-ortho nitro benzene ring substituents is 1. The van der Waals surface area contributed by atoms with E-state index in [1.54, 1.807) is 12.1 Å². The standard InChI is InChI=1S/C23H26N4O7/c1-16(22(29)25-18-4-8-19(9-5-18)26-12-14-33-15-13-26)34-21(28)10-11-24-23(30)17-2-6-20(7-3-17)27(31)32/h2-9,16H,10-15H2,1H3,(H,24,30)(H,25,29). The second-order valence-corrected chi connectivity index (χ2v) is 7.58. The van der Waals surface area contributed by atoms with Gasteiger partial charge in [-0.25, -0.2) is 0 Å². The molecule has 0 bridgehead atoms. The van der Waals surface area contributed by atoms with Gasteiger partial charge in [-0.05, 0) is 43.3 Å². The summed E-state index contributed by atoms with van der Waals surface area (Å²) in [6, 6.07) is 12.5. The summed E-state index contributed by atoms with van der Waals surface area (Å²) < 4.78 is 10.5. The third kappa shape index (κ3) is 7.01. The minimum Gasteiger partial charge on any atom is -0.452 e. The summed E-state index contributed by atoms with van der Waals surface area (Å²) >= 11 is 0. The van der Waals surface area contributed by atoms with Gasteiger partial charge in [0, 0.05) is 48.7 Å². The van der Waals surface area contributed by atoms with Gasteiger partial charge in [-0.1, -0.05) is 0 Å². The number of rotatable bonds is 9. The number of ether oxygens (including phenoxy) is 2. The van der Waals surface area contributed by atoms with E-state index in [0.29, 0.717) is 18.9 Å². The SMILES string of the molecule is CC(OC(=O)CCNC(=O)c1ccc([N+](=O)[O-])cc1)C(=O)Nc1ccc(N2CCOCC2)cc1. The van der Waals surface area contributed by atoms with Crippen LogP contribution < -0.4 is 15.5 Å². The van der Waals surface area contributed by atoms with Gasteiger partial charge in [0.15, 0.2) is 6.10 Å². The Kier molecular flexibility index (Phi) is 8.52. The number of carbonyl (C=O) groups excluding carboxylic acids is 3. The van der Waals surface area contributed by atoms with E-state index in [4.69, 9.17) is 9.47 Å². The first-order valence-electron chi connectivity index (χ1n) is 10.8. The van der Waals surface area contributed by atoms with E-state index in [1.165, 1.54) is 31.2 Å². The molecule has 1 heterocycles. The molecule has 1 aliphatic rings. The fourth-order valence-electron chi connectivity index (χ4n) is 3.25. The molecule has 1 fully saturated rings. The molecule has 3 rings (SSSR count). The zero-order valence-electron chi connectivity index (χ0n) is 18.7. The molecule has 11 nitrogen and oxygen atoms in total. The Labute approximate surface area is 196 Å². The Morgan fingerprint density at radius 2 is 1.74 bits per heavy atom. The van der Waals surface area contributed by atoms with Crippen molar-refractivity contribution in [1.82, 2.24) is 5.32 Å². The molecule has 0 spiro atoms. The number of nitro benzene ring substituents is 1. The van der Waals surface area contributed by atoms with E-state index in [1.807, 2.05) is 12.1 Å². The van der Waals surface area contributed by atoms with E-state index >= 15 is 0 Å². The maximum Gasteiger partial charge on any atom is 0.308 e. The van der Waals surface area contributed by atoms with Crippen molar-refractivity contribution in [2.24, 2.45) is 0 Å². The maximum atomic E-state index is 12.3. The molecule has 1 saturated heterocycles. The third-order valence-corrected chi connectivity index (χ3v) is 5.14. The smallest absolute Gasteiger partial charge is 0.308 e. The number of benzene rings is 2. The van der Waals surface area contributed by atoms with Crippen molar-refractivity contribution in [2.75, 3.05) is 43.1 Å². The molecule has 2 aromatic rings. The van der Waals surface area contributed by atoms with E-state index < -0.39 is 28.8 Å². The molecule has 0 saturated carbocycles. The van der Waals surface area contributed by atoms with Crippen LogP contribution in [-0.2, 0) is 19.1 Å². The van der Waals surface area contributed by atoms with Crippen LogP contribution in [0.5, 0.6) is 0 Å². The van der Waals surface area contributed by atoms with Gasteiger partial charge >= 0.3 is 5.97 Å².